The van der Waals surface area contributed by atoms with Gasteiger partial charge in [-0.15, -0.1) is 0 Å². The van der Waals surface area contributed by atoms with Gasteiger partial charge in [0.25, 0.3) is 0 Å². The molecule has 0 aliphatic carbocycles. The number of aromatic nitrogens is 1. The van der Waals surface area contributed by atoms with E-state index in [2.05, 4.69) is 20.9 Å². The number of hydrogen-bond donors (Lipinski definition) is 7. The zero-order valence-electron chi connectivity index (χ0n) is 21.3. The van der Waals surface area contributed by atoms with Gasteiger partial charge >= 0.3 is 11.9 Å². The first kappa shape index (κ1) is 29.3. The van der Waals surface area contributed by atoms with Crippen LogP contribution >= 0.6 is 0 Å². The van der Waals surface area contributed by atoms with Crippen molar-refractivity contribution in [3.05, 3.63) is 36.0 Å². The molecule has 0 saturated carbocycles. The molecular weight excluding hydrogens is 482 g/mol. The van der Waals surface area contributed by atoms with Gasteiger partial charge in [0.05, 0.1) is 12.5 Å². The zero-order valence-corrected chi connectivity index (χ0v) is 21.3. The Kier molecular flexibility index (Phi) is 10.2. The second kappa shape index (κ2) is 12.9. The number of nitrogens with two attached hydrogens (primary N) is 1. The number of para-hydroxylation sites is 1. The molecule has 202 valence electrons. The number of rotatable bonds is 13. The fraction of sp³-hybridized carbons (Fsp3) is 0.480. The zero-order chi connectivity index (χ0) is 27.9. The van der Waals surface area contributed by atoms with E-state index in [4.69, 9.17) is 5.73 Å². The van der Waals surface area contributed by atoms with Crippen molar-refractivity contribution >= 4 is 40.6 Å². The predicted molar refractivity (Wildman–Crippen MR) is 135 cm³/mol. The fourth-order valence-corrected chi connectivity index (χ4v) is 3.84. The molecule has 2 aromatic rings. The monoisotopic (exact) mass is 517 g/mol. The SMILES string of the molecule is CC(C)[C@H](NC(=O)[C@H](CC(=O)O)NC(=O)[C@@H](NC(=O)[C@@H](N)Cc1c[nH]c2ccccc12)C(C)C)C(=O)O. The van der Waals surface area contributed by atoms with Crippen molar-refractivity contribution < 1.29 is 34.2 Å². The maximum atomic E-state index is 13.0. The van der Waals surface area contributed by atoms with E-state index < -0.39 is 72.1 Å². The van der Waals surface area contributed by atoms with Crippen LogP contribution in [0.3, 0.4) is 0 Å². The van der Waals surface area contributed by atoms with E-state index in [0.29, 0.717) is 0 Å². The summed E-state index contributed by atoms with van der Waals surface area (Å²) in [6, 6.07) is 2.62. The van der Waals surface area contributed by atoms with E-state index in [1.807, 2.05) is 24.3 Å². The Bertz CT molecular complexity index is 1140. The summed E-state index contributed by atoms with van der Waals surface area (Å²) < 4.78 is 0. The third kappa shape index (κ3) is 8.04. The van der Waals surface area contributed by atoms with Gasteiger partial charge in [0.15, 0.2) is 0 Å². The normalized spacial score (nSPS) is 14.6. The number of carboxylic acids is 2. The van der Waals surface area contributed by atoms with Gasteiger partial charge in [-0.1, -0.05) is 45.9 Å². The number of benzene rings is 1. The number of H-pyrrole nitrogens is 1. The Hall–Kier alpha value is -3.93. The summed E-state index contributed by atoms with van der Waals surface area (Å²) in [4.78, 5) is 64.4. The number of nitrogens with one attached hydrogen (secondary N) is 4. The number of fused-ring (bicyclic) bond motifs is 1. The minimum Gasteiger partial charge on any atom is -0.481 e. The Morgan fingerprint density at radius 2 is 1.46 bits per heavy atom. The molecule has 0 aliphatic rings. The second-order valence-electron chi connectivity index (χ2n) is 9.63. The summed E-state index contributed by atoms with van der Waals surface area (Å²) in [5, 5.41) is 26.7. The molecule has 0 aliphatic heterocycles. The van der Waals surface area contributed by atoms with Gasteiger partial charge in [0.2, 0.25) is 17.7 Å². The number of aliphatic carboxylic acids is 2. The van der Waals surface area contributed by atoms with Gasteiger partial charge in [-0.3, -0.25) is 19.2 Å². The molecule has 0 radical (unpaired) electrons. The molecule has 3 amide bonds. The molecule has 0 saturated heterocycles. The van der Waals surface area contributed by atoms with Crippen molar-refractivity contribution in [3.8, 4) is 0 Å². The molecule has 0 spiro atoms. The van der Waals surface area contributed by atoms with E-state index in [9.17, 15) is 34.2 Å². The predicted octanol–water partition coefficient (Wildman–Crippen LogP) is 0.363. The van der Waals surface area contributed by atoms with Gasteiger partial charge in [0, 0.05) is 17.1 Å². The molecule has 1 aromatic heterocycles. The van der Waals surface area contributed by atoms with Crippen molar-refractivity contribution in [2.75, 3.05) is 0 Å². The maximum Gasteiger partial charge on any atom is 0.326 e. The van der Waals surface area contributed by atoms with E-state index in [-0.39, 0.29) is 6.42 Å². The third-order valence-electron chi connectivity index (χ3n) is 5.94. The lowest BCUT2D eigenvalue weighted by atomic mass is 10.00. The van der Waals surface area contributed by atoms with Crippen LogP contribution in [0.5, 0.6) is 0 Å². The Balaban J connectivity index is 2.11. The van der Waals surface area contributed by atoms with E-state index >= 15 is 0 Å². The quantitative estimate of drug-likeness (QED) is 0.197. The topological polar surface area (TPSA) is 204 Å². The average molecular weight is 518 g/mol. The van der Waals surface area contributed by atoms with Crippen molar-refractivity contribution in [1.82, 2.24) is 20.9 Å². The molecule has 37 heavy (non-hydrogen) atoms. The molecule has 8 N–H and O–H groups in total. The van der Waals surface area contributed by atoms with Crippen LogP contribution in [0, 0.1) is 11.8 Å². The van der Waals surface area contributed by atoms with Crippen LogP contribution in [-0.4, -0.2) is 69.0 Å². The lowest BCUT2D eigenvalue weighted by Gasteiger charge is -2.27. The average Bonchev–Trinajstić information content (AvgIpc) is 3.21. The summed E-state index contributed by atoms with van der Waals surface area (Å²) in [6.45, 7) is 6.49. The Labute approximate surface area is 214 Å². The highest BCUT2D eigenvalue weighted by molar-refractivity contribution is 5.96. The Morgan fingerprint density at radius 1 is 0.865 bits per heavy atom. The summed E-state index contributed by atoms with van der Waals surface area (Å²) in [6.07, 6.45) is 1.19. The largest absolute Gasteiger partial charge is 0.481 e. The third-order valence-corrected chi connectivity index (χ3v) is 5.94. The van der Waals surface area contributed by atoms with E-state index in [1.54, 1.807) is 33.9 Å². The highest BCUT2D eigenvalue weighted by atomic mass is 16.4. The maximum absolute atomic E-state index is 13.0. The van der Waals surface area contributed by atoms with E-state index in [0.717, 1.165) is 16.5 Å². The van der Waals surface area contributed by atoms with Gasteiger partial charge in [-0.2, -0.15) is 0 Å². The summed E-state index contributed by atoms with van der Waals surface area (Å²) in [5.41, 5.74) is 7.85. The minimum absolute atomic E-state index is 0.206. The second-order valence-corrected chi connectivity index (χ2v) is 9.63. The summed E-state index contributed by atoms with van der Waals surface area (Å²) in [5.74, 6) is -5.92. The smallest absolute Gasteiger partial charge is 0.326 e. The van der Waals surface area contributed by atoms with Gasteiger partial charge < -0.3 is 36.9 Å². The lowest BCUT2D eigenvalue weighted by Crippen LogP contribution is -2.59. The van der Waals surface area contributed by atoms with Gasteiger partial charge in [-0.25, -0.2) is 4.79 Å². The van der Waals surface area contributed by atoms with Crippen molar-refractivity contribution in [2.45, 2.75) is 64.7 Å². The summed E-state index contributed by atoms with van der Waals surface area (Å²) >= 11 is 0. The highest BCUT2D eigenvalue weighted by Crippen LogP contribution is 2.19. The molecular formula is C25H35N5O7. The van der Waals surface area contributed by atoms with Gasteiger partial charge in [-0.05, 0) is 29.9 Å². The molecule has 12 heteroatoms. The number of amides is 3. The number of carbonyl (C=O) groups is 5. The molecule has 0 unspecified atom stereocenters. The molecule has 0 fully saturated rings. The lowest BCUT2D eigenvalue weighted by molar-refractivity contribution is -0.144. The van der Waals surface area contributed by atoms with Crippen molar-refractivity contribution in [1.29, 1.82) is 0 Å². The molecule has 4 atom stereocenters. The molecule has 1 heterocycles. The minimum atomic E-state index is -1.55. The van der Waals surface area contributed by atoms with Crippen molar-refractivity contribution in [3.63, 3.8) is 0 Å². The molecule has 12 nitrogen and oxygen atoms in total. The number of aromatic amines is 1. The number of hydrogen-bond acceptors (Lipinski definition) is 6. The highest BCUT2D eigenvalue weighted by Gasteiger charge is 2.33. The van der Waals surface area contributed by atoms with E-state index in [1.165, 1.54) is 0 Å². The van der Waals surface area contributed by atoms with Crippen LogP contribution in [0.2, 0.25) is 0 Å². The first-order valence-electron chi connectivity index (χ1n) is 12.0. The first-order chi connectivity index (χ1) is 17.3. The molecule has 1 aromatic carbocycles. The van der Waals surface area contributed by atoms with Crippen LogP contribution in [0.25, 0.3) is 10.9 Å². The number of carboxylic acid groups (broad SMARTS) is 2. The Morgan fingerprint density at radius 3 is 2.03 bits per heavy atom. The molecule has 2 rings (SSSR count). The van der Waals surface area contributed by atoms with Gasteiger partial charge in [0.1, 0.15) is 18.1 Å². The standard InChI is InChI=1S/C25H35N5O7/c1-12(2)20(29-22(33)16(26)9-14-11-27-17-8-6-5-7-15(14)17)24(35)28-18(10-19(31)32)23(34)30-21(13(3)4)25(36)37/h5-8,11-13,16,18,20-21,27H,9-10,26H2,1-4H3,(H,28,35)(H,29,33)(H,30,34)(H,31,32)(H,36,37)/t16-,18-,20-,21-/m0/s1. The number of carbonyl (C=O) groups excluding carboxylic acids is 3. The molecule has 0 bridgehead atoms. The fourth-order valence-electron chi connectivity index (χ4n) is 3.84. The van der Waals surface area contributed by atoms with Crippen LogP contribution in [0.4, 0.5) is 0 Å². The van der Waals surface area contributed by atoms with Crippen LogP contribution in [-0.2, 0) is 30.4 Å². The van der Waals surface area contributed by atoms with Crippen molar-refractivity contribution in [2.24, 2.45) is 17.6 Å². The van der Waals surface area contributed by atoms with Crippen LogP contribution < -0.4 is 21.7 Å². The van der Waals surface area contributed by atoms with Crippen LogP contribution in [0.1, 0.15) is 39.7 Å². The first-order valence-corrected chi connectivity index (χ1v) is 12.0. The van der Waals surface area contributed by atoms with Crippen LogP contribution in [0.15, 0.2) is 30.5 Å². The summed E-state index contributed by atoms with van der Waals surface area (Å²) in [7, 11) is 0.